The summed E-state index contributed by atoms with van der Waals surface area (Å²) < 4.78 is 0. The quantitative estimate of drug-likeness (QED) is 0.626. The Hall–Kier alpha value is -4.16. The largest absolute Gasteiger partial charge is 0.352 e. The number of pyridine rings is 2. The predicted molar refractivity (Wildman–Crippen MR) is 114 cm³/mol. The van der Waals surface area contributed by atoms with Gasteiger partial charge in [0.05, 0.1) is 11.1 Å². The molecule has 6 heteroatoms. The number of aromatic nitrogens is 2. The molecule has 2 aromatic heterocycles. The van der Waals surface area contributed by atoms with Crippen LogP contribution in [0.5, 0.6) is 0 Å². The highest BCUT2D eigenvalue weighted by Gasteiger charge is 2.24. The van der Waals surface area contributed by atoms with Crippen LogP contribution in [0.1, 0.15) is 27.0 Å². The van der Waals surface area contributed by atoms with Gasteiger partial charge in [0.1, 0.15) is 11.9 Å². The minimum Gasteiger partial charge on any atom is -0.352 e. The lowest BCUT2D eigenvalue weighted by molar-refractivity contribution is 0.0746. The van der Waals surface area contributed by atoms with Crippen LogP contribution in [-0.4, -0.2) is 47.0 Å². The molecule has 1 fully saturated rings. The second-order valence-electron chi connectivity index (χ2n) is 6.84. The summed E-state index contributed by atoms with van der Waals surface area (Å²) in [5.41, 5.74) is 2.69. The number of hydrogen-bond acceptors (Lipinski definition) is 5. The van der Waals surface area contributed by atoms with Gasteiger partial charge in [-0.2, -0.15) is 5.26 Å². The zero-order chi connectivity index (χ0) is 20.8. The van der Waals surface area contributed by atoms with Gasteiger partial charge in [-0.15, -0.1) is 0 Å². The van der Waals surface area contributed by atoms with Gasteiger partial charge in [0.15, 0.2) is 0 Å². The van der Waals surface area contributed by atoms with Crippen LogP contribution >= 0.6 is 0 Å². The van der Waals surface area contributed by atoms with Crippen LogP contribution in [0.3, 0.4) is 0 Å². The molecule has 1 aliphatic heterocycles. The highest BCUT2D eigenvalue weighted by Crippen LogP contribution is 2.19. The minimum absolute atomic E-state index is 0.0629. The summed E-state index contributed by atoms with van der Waals surface area (Å²) in [4.78, 5) is 25.3. The summed E-state index contributed by atoms with van der Waals surface area (Å²) in [7, 11) is 0. The highest BCUT2D eigenvalue weighted by molar-refractivity contribution is 5.94. The van der Waals surface area contributed by atoms with E-state index >= 15 is 0 Å². The molecule has 1 aliphatic rings. The third-order valence-corrected chi connectivity index (χ3v) is 4.88. The number of benzene rings is 1. The molecule has 6 nitrogen and oxygen atoms in total. The van der Waals surface area contributed by atoms with Gasteiger partial charge in [-0.3, -0.25) is 9.78 Å². The molecule has 0 N–H and O–H groups in total. The molecule has 0 bridgehead atoms. The van der Waals surface area contributed by atoms with E-state index in [1.54, 1.807) is 41.7 Å². The summed E-state index contributed by atoms with van der Waals surface area (Å²) in [5.74, 6) is 6.77. The predicted octanol–water partition coefficient (Wildman–Crippen LogP) is 2.71. The van der Waals surface area contributed by atoms with Gasteiger partial charge in [0, 0.05) is 55.9 Å². The molecule has 0 aliphatic carbocycles. The fraction of sp³-hybridized carbons (Fsp3) is 0.167. The van der Waals surface area contributed by atoms with Crippen molar-refractivity contribution in [3.8, 4) is 17.9 Å². The first-order valence-corrected chi connectivity index (χ1v) is 9.66. The molecule has 4 rings (SSSR count). The standard InChI is InChI=1S/C24H19N5O/c25-16-21-7-4-10-27-23(21)28-11-13-29(14-12-28)24(30)22-15-20(17-26-18-22)9-8-19-5-2-1-3-6-19/h1-7,10,15,17-18H,11-14H2. The molecule has 3 aromatic rings. The van der Waals surface area contributed by atoms with E-state index < -0.39 is 0 Å². The van der Waals surface area contributed by atoms with Crippen molar-refractivity contribution in [2.45, 2.75) is 0 Å². The minimum atomic E-state index is -0.0629. The maximum Gasteiger partial charge on any atom is 0.255 e. The first-order valence-electron chi connectivity index (χ1n) is 9.66. The number of rotatable bonds is 2. The SMILES string of the molecule is N#Cc1cccnc1N1CCN(C(=O)c2cncc(C#Cc3ccccc3)c2)CC1. The van der Waals surface area contributed by atoms with Crippen molar-refractivity contribution in [3.63, 3.8) is 0 Å². The van der Waals surface area contributed by atoms with Crippen molar-refractivity contribution < 1.29 is 4.79 Å². The van der Waals surface area contributed by atoms with Crippen LogP contribution in [0.2, 0.25) is 0 Å². The van der Waals surface area contributed by atoms with Crippen molar-refractivity contribution in [1.82, 2.24) is 14.9 Å². The average molecular weight is 393 g/mol. The molecule has 0 atom stereocenters. The summed E-state index contributed by atoms with van der Waals surface area (Å²) in [6.45, 7) is 2.36. The first kappa shape index (κ1) is 19.2. The number of anilines is 1. The van der Waals surface area contributed by atoms with Gasteiger partial charge in [0.2, 0.25) is 0 Å². The number of carbonyl (C=O) groups is 1. The molecule has 30 heavy (non-hydrogen) atoms. The smallest absolute Gasteiger partial charge is 0.255 e. The molecule has 3 heterocycles. The second kappa shape index (κ2) is 8.89. The van der Waals surface area contributed by atoms with Crippen molar-refractivity contribution in [1.29, 1.82) is 5.26 Å². The van der Waals surface area contributed by atoms with Gasteiger partial charge in [-0.05, 0) is 30.3 Å². The number of piperazine rings is 1. The molecule has 146 valence electrons. The normalized spacial score (nSPS) is 13.2. The molecule has 1 aromatic carbocycles. The lowest BCUT2D eigenvalue weighted by Gasteiger charge is -2.35. The molecule has 0 radical (unpaired) electrons. The fourth-order valence-corrected chi connectivity index (χ4v) is 3.33. The van der Waals surface area contributed by atoms with Gasteiger partial charge >= 0.3 is 0 Å². The first-order chi connectivity index (χ1) is 14.7. The molecule has 0 unspecified atom stereocenters. The van der Waals surface area contributed by atoms with Gasteiger partial charge in [-0.1, -0.05) is 30.0 Å². The molecular weight excluding hydrogens is 374 g/mol. The Bertz CT molecular complexity index is 1150. The van der Waals surface area contributed by atoms with Crippen LogP contribution in [0, 0.1) is 23.2 Å². The molecule has 0 saturated carbocycles. The Kier molecular flexibility index (Phi) is 5.68. The molecular formula is C24H19N5O. The van der Waals surface area contributed by atoms with E-state index in [4.69, 9.17) is 0 Å². The van der Waals surface area contributed by atoms with E-state index in [-0.39, 0.29) is 5.91 Å². The monoisotopic (exact) mass is 393 g/mol. The topological polar surface area (TPSA) is 73.1 Å². The Morgan fingerprint density at radius 2 is 1.70 bits per heavy atom. The zero-order valence-corrected chi connectivity index (χ0v) is 16.3. The molecule has 1 amide bonds. The molecule has 1 saturated heterocycles. The Balaban J connectivity index is 1.44. The summed E-state index contributed by atoms with van der Waals surface area (Å²) >= 11 is 0. The lowest BCUT2D eigenvalue weighted by Crippen LogP contribution is -2.49. The van der Waals surface area contributed by atoms with Crippen LogP contribution in [0.15, 0.2) is 67.1 Å². The number of amides is 1. The summed E-state index contributed by atoms with van der Waals surface area (Å²) in [6, 6.07) is 17.2. The van der Waals surface area contributed by atoms with Crippen LogP contribution in [0.25, 0.3) is 0 Å². The third kappa shape index (κ3) is 4.29. The highest BCUT2D eigenvalue weighted by atomic mass is 16.2. The van der Waals surface area contributed by atoms with E-state index in [0.717, 1.165) is 5.56 Å². The number of nitrogens with zero attached hydrogens (tertiary/aromatic N) is 5. The van der Waals surface area contributed by atoms with Gasteiger partial charge < -0.3 is 9.80 Å². The Morgan fingerprint density at radius 3 is 2.47 bits per heavy atom. The Morgan fingerprint density at radius 1 is 0.933 bits per heavy atom. The van der Waals surface area contributed by atoms with Crippen molar-refractivity contribution >= 4 is 11.7 Å². The van der Waals surface area contributed by atoms with Crippen LogP contribution in [0.4, 0.5) is 5.82 Å². The van der Waals surface area contributed by atoms with E-state index in [1.807, 2.05) is 35.2 Å². The van der Waals surface area contributed by atoms with E-state index in [9.17, 15) is 10.1 Å². The maximum absolute atomic E-state index is 12.9. The number of hydrogen-bond donors (Lipinski definition) is 0. The van der Waals surface area contributed by atoms with E-state index in [1.165, 1.54) is 0 Å². The zero-order valence-electron chi connectivity index (χ0n) is 16.3. The average Bonchev–Trinajstić information content (AvgIpc) is 2.83. The summed E-state index contributed by atoms with van der Waals surface area (Å²) in [5, 5.41) is 9.28. The maximum atomic E-state index is 12.9. The number of carbonyl (C=O) groups excluding carboxylic acids is 1. The van der Waals surface area contributed by atoms with Crippen molar-refractivity contribution in [3.05, 3.63) is 89.4 Å². The van der Waals surface area contributed by atoms with Crippen LogP contribution in [-0.2, 0) is 0 Å². The van der Waals surface area contributed by atoms with Crippen molar-refractivity contribution in [2.75, 3.05) is 31.1 Å². The van der Waals surface area contributed by atoms with Gasteiger partial charge in [0.25, 0.3) is 5.91 Å². The van der Waals surface area contributed by atoms with Crippen LogP contribution < -0.4 is 4.90 Å². The number of nitriles is 1. The third-order valence-electron chi connectivity index (χ3n) is 4.88. The van der Waals surface area contributed by atoms with Crippen molar-refractivity contribution in [2.24, 2.45) is 0 Å². The van der Waals surface area contributed by atoms with E-state index in [0.29, 0.717) is 48.7 Å². The van der Waals surface area contributed by atoms with E-state index in [2.05, 4.69) is 27.9 Å². The molecule has 0 spiro atoms. The fourth-order valence-electron chi connectivity index (χ4n) is 3.33. The lowest BCUT2D eigenvalue weighted by atomic mass is 10.1. The van der Waals surface area contributed by atoms with Gasteiger partial charge in [-0.25, -0.2) is 4.98 Å². The second-order valence-corrected chi connectivity index (χ2v) is 6.84. The summed E-state index contributed by atoms with van der Waals surface area (Å²) in [6.07, 6.45) is 4.92. The Labute approximate surface area is 175 Å².